The Labute approximate surface area is 113 Å². The van der Waals surface area contributed by atoms with Crippen LogP contribution in [0.15, 0.2) is 18.2 Å². The van der Waals surface area contributed by atoms with Crippen LogP contribution in [0.2, 0.25) is 0 Å². The number of hydrogen-bond donors (Lipinski definition) is 2. The lowest BCUT2D eigenvalue weighted by molar-refractivity contribution is -0.384. The zero-order valence-electron chi connectivity index (χ0n) is 10.2. The molecule has 2 N–H and O–H groups in total. The molecule has 7 nitrogen and oxygen atoms in total. The minimum atomic E-state index is -0.515. The zero-order valence-corrected chi connectivity index (χ0v) is 11.0. The molecule has 1 aromatic rings. The number of hydrogen-bond acceptors (Lipinski definition) is 6. The van der Waals surface area contributed by atoms with Gasteiger partial charge in [-0.05, 0) is 6.07 Å². The molecule has 0 aliphatic carbocycles. The van der Waals surface area contributed by atoms with Crippen LogP contribution in [-0.2, 0) is 4.79 Å². The molecule has 1 saturated heterocycles. The minimum absolute atomic E-state index is 0.0927. The number of methoxy groups -OCH3 is 1. The van der Waals surface area contributed by atoms with Crippen LogP contribution < -0.4 is 15.4 Å². The number of nitrogens with zero attached hydrogens (tertiary/aromatic N) is 1. The van der Waals surface area contributed by atoms with Crippen LogP contribution in [0.5, 0.6) is 5.75 Å². The van der Waals surface area contributed by atoms with E-state index in [1.54, 1.807) is 11.8 Å². The lowest BCUT2D eigenvalue weighted by Gasteiger charge is -2.13. The van der Waals surface area contributed by atoms with Crippen LogP contribution >= 0.6 is 11.8 Å². The number of nitro benzene ring substituents is 1. The predicted molar refractivity (Wildman–Crippen MR) is 72.5 cm³/mol. The van der Waals surface area contributed by atoms with E-state index in [1.165, 1.54) is 25.3 Å². The highest BCUT2D eigenvalue weighted by molar-refractivity contribution is 7.99. The molecule has 1 atom stereocenters. The number of nitro groups is 1. The van der Waals surface area contributed by atoms with Crippen LogP contribution in [0.1, 0.15) is 0 Å². The topological polar surface area (TPSA) is 93.5 Å². The van der Waals surface area contributed by atoms with Crippen molar-refractivity contribution >= 4 is 29.0 Å². The lowest BCUT2D eigenvalue weighted by Crippen LogP contribution is -2.37. The fraction of sp³-hybridized carbons (Fsp3) is 0.364. The Bertz CT molecular complexity index is 503. The molecule has 0 saturated carbocycles. The molecule has 0 aromatic heterocycles. The number of nitrogens with one attached hydrogen (secondary N) is 2. The molecule has 1 aliphatic rings. The fourth-order valence-corrected chi connectivity index (χ4v) is 2.63. The monoisotopic (exact) mass is 283 g/mol. The number of anilines is 1. The van der Waals surface area contributed by atoms with Gasteiger partial charge in [-0.3, -0.25) is 20.2 Å². The summed E-state index contributed by atoms with van der Waals surface area (Å²) in [5, 5.41) is 16.4. The van der Waals surface area contributed by atoms with Crippen LogP contribution in [0.3, 0.4) is 0 Å². The fourth-order valence-electron chi connectivity index (χ4n) is 1.69. The summed E-state index contributed by atoms with van der Waals surface area (Å²) in [6.07, 6.45) is 0. The summed E-state index contributed by atoms with van der Waals surface area (Å²) < 4.78 is 5.08. The molecule has 1 aromatic carbocycles. The zero-order chi connectivity index (χ0) is 13.8. The van der Waals surface area contributed by atoms with Crippen LogP contribution in [0, 0.1) is 10.1 Å². The Morgan fingerprint density at radius 3 is 3.00 bits per heavy atom. The van der Waals surface area contributed by atoms with E-state index in [0.717, 1.165) is 5.88 Å². The van der Waals surface area contributed by atoms with E-state index in [1.807, 2.05) is 0 Å². The van der Waals surface area contributed by atoms with Gasteiger partial charge in [0.15, 0.2) is 0 Å². The van der Waals surface area contributed by atoms with Crippen molar-refractivity contribution in [2.75, 3.05) is 24.1 Å². The van der Waals surface area contributed by atoms with Gasteiger partial charge in [0.2, 0.25) is 5.91 Å². The first-order valence-electron chi connectivity index (χ1n) is 5.56. The normalized spacial score (nSPS) is 18.1. The van der Waals surface area contributed by atoms with Crippen LogP contribution in [-0.4, -0.2) is 35.6 Å². The summed E-state index contributed by atoms with van der Waals surface area (Å²) in [7, 11) is 1.44. The van der Waals surface area contributed by atoms with E-state index in [-0.39, 0.29) is 17.6 Å². The smallest absolute Gasteiger partial charge is 0.271 e. The summed E-state index contributed by atoms with van der Waals surface area (Å²) in [4.78, 5) is 22.2. The van der Waals surface area contributed by atoms with Gasteiger partial charge in [0.05, 0.1) is 23.8 Å². The van der Waals surface area contributed by atoms with E-state index >= 15 is 0 Å². The number of carbonyl (C=O) groups is 1. The standard InChI is InChI=1S/C11H13N3O4S/c1-18-10-3-2-7(14(16)17)4-8(10)13-11(15)9-5-19-6-12-9/h2-4,9,12H,5-6H2,1H3,(H,13,15). The molecule has 0 spiro atoms. The molecule has 102 valence electrons. The van der Waals surface area contributed by atoms with E-state index in [4.69, 9.17) is 4.74 Å². The molecule has 8 heteroatoms. The maximum Gasteiger partial charge on any atom is 0.271 e. The van der Waals surface area contributed by atoms with Crippen molar-refractivity contribution < 1.29 is 14.5 Å². The van der Waals surface area contributed by atoms with Gasteiger partial charge in [-0.2, -0.15) is 0 Å². The Morgan fingerprint density at radius 2 is 2.42 bits per heavy atom. The van der Waals surface area contributed by atoms with Crippen molar-refractivity contribution in [3.8, 4) is 5.75 Å². The second kappa shape index (κ2) is 5.89. The van der Waals surface area contributed by atoms with Gasteiger partial charge in [-0.25, -0.2) is 0 Å². The van der Waals surface area contributed by atoms with Crippen molar-refractivity contribution in [3.05, 3.63) is 28.3 Å². The Kier molecular flexibility index (Phi) is 4.23. The summed E-state index contributed by atoms with van der Waals surface area (Å²) >= 11 is 1.63. The van der Waals surface area contributed by atoms with Gasteiger partial charge in [-0.1, -0.05) is 0 Å². The lowest BCUT2D eigenvalue weighted by atomic mass is 10.2. The molecule has 19 heavy (non-hydrogen) atoms. The molecular formula is C11H13N3O4S. The number of ether oxygens (including phenoxy) is 1. The van der Waals surface area contributed by atoms with E-state index in [2.05, 4.69) is 10.6 Å². The highest BCUT2D eigenvalue weighted by Gasteiger charge is 2.24. The largest absolute Gasteiger partial charge is 0.495 e. The molecule has 1 aliphatic heterocycles. The van der Waals surface area contributed by atoms with Crippen molar-refractivity contribution in [3.63, 3.8) is 0 Å². The predicted octanol–water partition coefficient (Wildman–Crippen LogP) is 1.20. The Hall–Kier alpha value is -1.80. The maximum atomic E-state index is 12.0. The number of carbonyl (C=O) groups excluding carboxylic acids is 1. The van der Waals surface area contributed by atoms with E-state index < -0.39 is 4.92 Å². The van der Waals surface area contributed by atoms with Crippen molar-refractivity contribution in [2.24, 2.45) is 0 Å². The Morgan fingerprint density at radius 1 is 1.63 bits per heavy atom. The van der Waals surface area contributed by atoms with Crippen molar-refractivity contribution in [2.45, 2.75) is 6.04 Å². The average molecular weight is 283 g/mol. The maximum absolute atomic E-state index is 12.0. The third-order valence-electron chi connectivity index (χ3n) is 2.68. The highest BCUT2D eigenvalue weighted by Crippen LogP contribution is 2.29. The third-order valence-corrected chi connectivity index (χ3v) is 3.62. The second-order valence-corrected chi connectivity index (χ2v) is 4.93. The minimum Gasteiger partial charge on any atom is -0.495 e. The first-order valence-corrected chi connectivity index (χ1v) is 6.71. The quantitative estimate of drug-likeness (QED) is 0.637. The first kappa shape index (κ1) is 13.6. The van der Waals surface area contributed by atoms with Gasteiger partial charge in [0, 0.05) is 23.8 Å². The molecular weight excluding hydrogens is 270 g/mol. The molecule has 1 amide bonds. The van der Waals surface area contributed by atoms with Crippen molar-refractivity contribution in [1.29, 1.82) is 0 Å². The highest BCUT2D eigenvalue weighted by atomic mass is 32.2. The molecule has 0 bridgehead atoms. The number of amides is 1. The average Bonchev–Trinajstić information content (AvgIpc) is 2.92. The first-order chi connectivity index (χ1) is 9.11. The number of rotatable bonds is 4. The second-order valence-electron chi connectivity index (χ2n) is 3.90. The van der Waals surface area contributed by atoms with Crippen LogP contribution in [0.4, 0.5) is 11.4 Å². The van der Waals surface area contributed by atoms with Gasteiger partial charge in [0.25, 0.3) is 5.69 Å². The number of non-ortho nitro benzene ring substituents is 1. The van der Waals surface area contributed by atoms with Gasteiger partial charge in [0.1, 0.15) is 5.75 Å². The summed E-state index contributed by atoms with van der Waals surface area (Å²) in [6.45, 7) is 0. The van der Waals surface area contributed by atoms with E-state index in [0.29, 0.717) is 17.2 Å². The third kappa shape index (κ3) is 3.15. The van der Waals surface area contributed by atoms with Gasteiger partial charge in [-0.15, -0.1) is 11.8 Å². The number of benzene rings is 1. The van der Waals surface area contributed by atoms with Crippen LogP contribution in [0.25, 0.3) is 0 Å². The molecule has 1 heterocycles. The van der Waals surface area contributed by atoms with Crippen molar-refractivity contribution in [1.82, 2.24) is 5.32 Å². The summed E-state index contributed by atoms with van der Waals surface area (Å²) in [5.41, 5.74) is 0.213. The molecule has 2 rings (SSSR count). The number of thioether (sulfide) groups is 1. The van der Waals surface area contributed by atoms with Gasteiger partial charge >= 0.3 is 0 Å². The molecule has 0 radical (unpaired) electrons. The summed E-state index contributed by atoms with van der Waals surface area (Å²) in [5.74, 6) is 1.58. The van der Waals surface area contributed by atoms with Gasteiger partial charge < -0.3 is 10.1 Å². The SMILES string of the molecule is COc1ccc([N+](=O)[O-])cc1NC(=O)C1CSCN1. The summed E-state index contributed by atoms with van der Waals surface area (Å²) in [6, 6.07) is 3.80. The molecule has 1 unspecified atom stereocenters. The van der Waals surface area contributed by atoms with E-state index in [9.17, 15) is 14.9 Å². The molecule has 1 fully saturated rings. The Balaban J connectivity index is 2.19.